The molecule has 2 heterocycles. The van der Waals surface area contributed by atoms with Gasteiger partial charge in [-0.2, -0.15) is 0 Å². The van der Waals surface area contributed by atoms with E-state index in [9.17, 15) is 21.6 Å². The number of ether oxygens (including phenoxy) is 1. The lowest BCUT2D eigenvalue weighted by Gasteiger charge is -2.20. The normalized spacial score (nSPS) is 14.9. The van der Waals surface area contributed by atoms with E-state index in [1.807, 2.05) is 4.90 Å². The number of alkyl halides is 3. The first-order chi connectivity index (χ1) is 16.1. The number of halogens is 4. The van der Waals surface area contributed by atoms with Crippen LogP contribution in [0.15, 0.2) is 71.8 Å². The Bertz CT molecular complexity index is 1240. The minimum Gasteiger partial charge on any atom is -0.406 e. The Morgan fingerprint density at radius 2 is 1.74 bits per heavy atom. The van der Waals surface area contributed by atoms with Crippen LogP contribution in [0.2, 0.25) is 5.02 Å². The molecule has 7 nitrogen and oxygen atoms in total. The Morgan fingerprint density at radius 3 is 2.41 bits per heavy atom. The first-order valence-electron chi connectivity index (χ1n) is 10.1. The predicted molar refractivity (Wildman–Crippen MR) is 122 cm³/mol. The van der Waals surface area contributed by atoms with Crippen molar-refractivity contribution in [2.75, 3.05) is 29.4 Å². The van der Waals surface area contributed by atoms with Crippen molar-refractivity contribution in [1.82, 2.24) is 9.88 Å². The standard InChI is InChI=1S/C22H20ClF3N4O3S/c23-17-1-7-20(8-2-17)34(31,32)28-21-13-16(9-10-27-21)14-29-11-12-30(15-29)18-3-5-19(6-4-18)33-22(24,25)26/h1-10,13H,11-12,14-15H2,(H,27,28). The molecule has 1 N–H and O–H groups in total. The molecule has 3 aromatic rings. The van der Waals surface area contributed by atoms with Crippen LogP contribution in [0.25, 0.3) is 0 Å². The smallest absolute Gasteiger partial charge is 0.406 e. The number of aromatic nitrogens is 1. The first-order valence-corrected chi connectivity index (χ1v) is 12.0. The Morgan fingerprint density at radius 1 is 1.03 bits per heavy atom. The zero-order valence-corrected chi connectivity index (χ0v) is 19.2. The number of pyridine rings is 1. The van der Waals surface area contributed by atoms with Gasteiger partial charge in [0.1, 0.15) is 11.6 Å². The minimum atomic E-state index is -4.72. The maximum Gasteiger partial charge on any atom is 0.573 e. The number of anilines is 2. The van der Waals surface area contributed by atoms with E-state index in [1.54, 1.807) is 24.3 Å². The summed E-state index contributed by atoms with van der Waals surface area (Å²) < 4.78 is 68.6. The molecule has 12 heteroatoms. The SMILES string of the molecule is O=S(=O)(Nc1cc(CN2CCN(c3ccc(OC(F)(F)F)cc3)C2)ccn1)c1ccc(Cl)cc1. The summed E-state index contributed by atoms with van der Waals surface area (Å²) >= 11 is 5.82. The monoisotopic (exact) mass is 512 g/mol. The van der Waals surface area contributed by atoms with Crippen molar-refractivity contribution >= 4 is 33.1 Å². The summed E-state index contributed by atoms with van der Waals surface area (Å²) in [6.07, 6.45) is -3.19. The minimum absolute atomic E-state index is 0.0749. The van der Waals surface area contributed by atoms with Crippen LogP contribution in [-0.2, 0) is 16.6 Å². The largest absolute Gasteiger partial charge is 0.573 e. The number of benzene rings is 2. The molecule has 1 aliphatic heterocycles. The van der Waals surface area contributed by atoms with Gasteiger partial charge < -0.3 is 9.64 Å². The van der Waals surface area contributed by atoms with Gasteiger partial charge in [0, 0.05) is 36.5 Å². The quantitative estimate of drug-likeness (QED) is 0.494. The number of sulfonamides is 1. The van der Waals surface area contributed by atoms with Crippen LogP contribution in [0.5, 0.6) is 5.75 Å². The third kappa shape index (κ3) is 6.31. The molecule has 0 amide bonds. The third-order valence-corrected chi connectivity index (χ3v) is 6.71. The lowest BCUT2D eigenvalue weighted by atomic mass is 10.2. The average molecular weight is 513 g/mol. The van der Waals surface area contributed by atoms with Crippen molar-refractivity contribution in [1.29, 1.82) is 0 Å². The van der Waals surface area contributed by atoms with E-state index in [0.717, 1.165) is 17.8 Å². The Kier molecular flexibility index (Phi) is 6.87. The molecule has 1 saturated heterocycles. The molecule has 0 radical (unpaired) electrons. The van der Waals surface area contributed by atoms with Gasteiger partial charge in [0.05, 0.1) is 11.6 Å². The molecule has 34 heavy (non-hydrogen) atoms. The van der Waals surface area contributed by atoms with Crippen LogP contribution in [-0.4, -0.2) is 44.4 Å². The van der Waals surface area contributed by atoms with Crippen LogP contribution in [0.1, 0.15) is 5.56 Å². The van der Waals surface area contributed by atoms with Crippen molar-refractivity contribution in [3.63, 3.8) is 0 Å². The van der Waals surface area contributed by atoms with Gasteiger partial charge in [0.2, 0.25) is 0 Å². The molecule has 0 aliphatic carbocycles. The molecule has 2 aromatic carbocycles. The van der Waals surface area contributed by atoms with Crippen molar-refractivity contribution in [2.45, 2.75) is 17.8 Å². The molecule has 4 rings (SSSR count). The van der Waals surface area contributed by atoms with Crippen LogP contribution in [0.3, 0.4) is 0 Å². The number of nitrogens with one attached hydrogen (secondary N) is 1. The molecule has 0 unspecified atom stereocenters. The molecule has 0 atom stereocenters. The number of hydrogen-bond acceptors (Lipinski definition) is 6. The highest BCUT2D eigenvalue weighted by atomic mass is 35.5. The van der Waals surface area contributed by atoms with Gasteiger partial charge in [-0.1, -0.05) is 11.6 Å². The second-order valence-corrected chi connectivity index (χ2v) is 9.73. The summed E-state index contributed by atoms with van der Waals surface area (Å²) in [5.41, 5.74) is 1.64. The first kappa shape index (κ1) is 24.1. The second-order valence-electron chi connectivity index (χ2n) is 7.61. The maximum absolute atomic E-state index is 12.6. The van der Waals surface area contributed by atoms with E-state index in [0.29, 0.717) is 24.8 Å². The van der Waals surface area contributed by atoms with Gasteiger partial charge in [-0.05, 0) is 66.2 Å². The van der Waals surface area contributed by atoms with Gasteiger partial charge >= 0.3 is 6.36 Å². The zero-order chi connectivity index (χ0) is 24.3. The highest BCUT2D eigenvalue weighted by Crippen LogP contribution is 2.27. The summed E-state index contributed by atoms with van der Waals surface area (Å²) in [6, 6.07) is 15.0. The highest BCUT2D eigenvalue weighted by molar-refractivity contribution is 7.92. The van der Waals surface area contributed by atoms with Gasteiger partial charge in [0.15, 0.2) is 0 Å². The summed E-state index contributed by atoms with van der Waals surface area (Å²) in [6.45, 7) is 2.53. The molecular weight excluding hydrogens is 493 g/mol. The Labute approximate surface area is 199 Å². The third-order valence-electron chi connectivity index (χ3n) is 5.09. The molecule has 1 aliphatic rings. The van der Waals surface area contributed by atoms with Crippen LogP contribution < -0.4 is 14.4 Å². The molecule has 180 valence electrons. The van der Waals surface area contributed by atoms with Crippen molar-refractivity contribution in [3.05, 3.63) is 77.4 Å². The van der Waals surface area contributed by atoms with E-state index >= 15 is 0 Å². The Balaban J connectivity index is 1.37. The fraction of sp³-hybridized carbons (Fsp3) is 0.227. The van der Waals surface area contributed by atoms with Crippen molar-refractivity contribution < 1.29 is 26.3 Å². The fourth-order valence-corrected chi connectivity index (χ4v) is 4.67. The molecule has 1 fully saturated rings. The Hall–Kier alpha value is -3.02. The number of rotatable bonds is 7. The van der Waals surface area contributed by atoms with E-state index in [1.165, 1.54) is 42.6 Å². The van der Waals surface area contributed by atoms with Crippen LogP contribution in [0.4, 0.5) is 24.7 Å². The lowest BCUT2D eigenvalue weighted by Crippen LogP contribution is -2.25. The van der Waals surface area contributed by atoms with Crippen molar-refractivity contribution in [2.24, 2.45) is 0 Å². The summed E-state index contributed by atoms with van der Waals surface area (Å²) in [4.78, 5) is 8.34. The van der Waals surface area contributed by atoms with E-state index in [4.69, 9.17) is 11.6 Å². The fourth-order valence-electron chi connectivity index (χ4n) is 3.54. The van der Waals surface area contributed by atoms with Crippen molar-refractivity contribution in [3.8, 4) is 5.75 Å². The van der Waals surface area contributed by atoms with E-state index in [-0.39, 0.29) is 16.5 Å². The van der Waals surface area contributed by atoms with Crippen LogP contribution >= 0.6 is 11.6 Å². The van der Waals surface area contributed by atoms with Gasteiger partial charge in [-0.25, -0.2) is 13.4 Å². The van der Waals surface area contributed by atoms with E-state index < -0.39 is 16.4 Å². The van der Waals surface area contributed by atoms with Gasteiger partial charge in [-0.3, -0.25) is 9.62 Å². The van der Waals surface area contributed by atoms with Crippen LogP contribution in [0, 0.1) is 0 Å². The summed E-state index contributed by atoms with van der Waals surface area (Å²) in [5, 5.41) is 0.435. The lowest BCUT2D eigenvalue weighted by molar-refractivity contribution is -0.274. The maximum atomic E-state index is 12.6. The molecule has 0 spiro atoms. The predicted octanol–water partition coefficient (Wildman–Crippen LogP) is 4.71. The number of nitrogens with zero attached hydrogens (tertiary/aromatic N) is 3. The van der Waals surface area contributed by atoms with Gasteiger partial charge in [-0.15, -0.1) is 13.2 Å². The molecule has 0 bridgehead atoms. The molecule has 0 saturated carbocycles. The summed E-state index contributed by atoms with van der Waals surface area (Å²) in [5.74, 6) is -0.0681. The zero-order valence-electron chi connectivity index (χ0n) is 17.7. The van der Waals surface area contributed by atoms with E-state index in [2.05, 4.69) is 19.3 Å². The average Bonchev–Trinajstić information content (AvgIpc) is 3.22. The molecule has 1 aromatic heterocycles. The second kappa shape index (κ2) is 9.69. The number of hydrogen-bond donors (Lipinski definition) is 1. The van der Waals surface area contributed by atoms with Gasteiger partial charge in [0.25, 0.3) is 10.0 Å². The molecular formula is C22H20ClF3N4O3S. The highest BCUT2D eigenvalue weighted by Gasteiger charge is 2.31. The summed E-state index contributed by atoms with van der Waals surface area (Å²) in [7, 11) is -3.81. The topological polar surface area (TPSA) is 74.8 Å².